The van der Waals surface area contributed by atoms with Crippen molar-refractivity contribution in [1.29, 1.82) is 0 Å². The van der Waals surface area contributed by atoms with Crippen molar-refractivity contribution < 1.29 is 14.1 Å². The monoisotopic (exact) mass is 432 g/mol. The molecule has 1 aromatic carbocycles. The Balaban J connectivity index is 1.26. The number of fused-ring (bicyclic) bond motifs is 1. The number of carbonyl (C=O) groups is 2. The van der Waals surface area contributed by atoms with E-state index >= 15 is 0 Å². The van der Waals surface area contributed by atoms with Crippen molar-refractivity contribution in [2.24, 2.45) is 5.92 Å². The van der Waals surface area contributed by atoms with Gasteiger partial charge in [0.1, 0.15) is 0 Å². The number of carbonyl (C=O) groups excluding carboxylic acids is 2. The van der Waals surface area contributed by atoms with Gasteiger partial charge in [-0.05, 0) is 49.9 Å². The fourth-order valence-electron chi connectivity index (χ4n) is 5.01. The van der Waals surface area contributed by atoms with Crippen LogP contribution in [-0.2, 0) is 4.79 Å². The molecule has 32 heavy (non-hydrogen) atoms. The van der Waals surface area contributed by atoms with Gasteiger partial charge in [-0.1, -0.05) is 30.5 Å². The van der Waals surface area contributed by atoms with E-state index in [1.165, 1.54) is 6.42 Å². The number of pyridine rings is 1. The highest BCUT2D eigenvalue weighted by atomic mass is 16.5. The molecule has 3 heterocycles. The first-order valence-corrected chi connectivity index (χ1v) is 11.6. The van der Waals surface area contributed by atoms with Crippen molar-refractivity contribution in [3.8, 4) is 0 Å². The Kier molecular flexibility index (Phi) is 5.88. The number of aromatic nitrogens is 2. The minimum atomic E-state index is -0.342. The molecule has 2 aromatic heterocycles. The Morgan fingerprint density at radius 1 is 1.03 bits per heavy atom. The molecule has 5 rings (SSSR count). The molecule has 166 valence electrons. The van der Waals surface area contributed by atoms with E-state index in [1.807, 2.05) is 35.2 Å². The standard InChI is InChI=1S/C25H28N4O3/c30-24(27-21-12-4-11-20-19(21)10-5-13-26-20)23-15-22(28-32-23)18-9-6-14-29(16-18)25(31)17-7-2-1-3-8-17/h4-5,10-13,15,17-18H,1-3,6-9,14,16H2,(H,27,30). The fourth-order valence-corrected chi connectivity index (χ4v) is 5.01. The first kappa shape index (κ1) is 20.7. The van der Waals surface area contributed by atoms with Crippen molar-refractivity contribution >= 4 is 28.4 Å². The third-order valence-corrected chi connectivity index (χ3v) is 6.75. The average molecular weight is 433 g/mol. The van der Waals surface area contributed by atoms with E-state index in [4.69, 9.17) is 4.52 Å². The van der Waals surface area contributed by atoms with Gasteiger partial charge in [-0.3, -0.25) is 14.6 Å². The maximum atomic E-state index is 13.0. The zero-order valence-corrected chi connectivity index (χ0v) is 18.1. The van der Waals surface area contributed by atoms with Gasteiger partial charge >= 0.3 is 0 Å². The number of piperidine rings is 1. The molecular weight excluding hydrogens is 404 g/mol. The molecule has 2 fully saturated rings. The number of rotatable bonds is 4. The lowest BCUT2D eigenvalue weighted by atomic mass is 9.87. The second-order valence-electron chi connectivity index (χ2n) is 8.90. The average Bonchev–Trinajstić information content (AvgIpc) is 3.35. The maximum Gasteiger partial charge on any atom is 0.294 e. The molecule has 0 bridgehead atoms. The molecule has 0 radical (unpaired) electrons. The van der Waals surface area contributed by atoms with Crippen LogP contribution in [0.3, 0.4) is 0 Å². The van der Waals surface area contributed by atoms with Crippen LogP contribution >= 0.6 is 0 Å². The van der Waals surface area contributed by atoms with Crippen LogP contribution in [-0.4, -0.2) is 39.9 Å². The lowest BCUT2D eigenvalue weighted by Gasteiger charge is -2.35. The number of benzene rings is 1. The summed E-state index contributed by atoms with van der Waals surface area (Å²) < 4.78 is 5.39. The van der Waals surface area contributed by atoms with Crippen LogP contribution in [0.5, 0.6) is 0 Å². The van der Waals surface area contributed by atoms with Gasteiger partial charge in [-0.15, -0.1) is 0 Å². The number of hydrogen-bond acceptors (Lipinski definition) is 5. The first-order valence-electron chi connectivity index (χ1n) is 11.6. The van der Waals surface area contributed by atoms with Crippen molar-refractivity contribution in [2.45, 2.75) is 50.9 Å². The Bertz CT molecular complexity index is 1110. The summed E-state index contributed by atoms with van der Waals surface area (Å²) in [7, 11) is 0. The fraction of sp³-hybridized carbons (Fsp3) is 0.440. The molecule has 1 N–H and O–H groups in total. The van der Waals surface area contributed by atoms with Crippen LogP contribution in [0.15, 0.2) is 47.1 Å². The summed E-state index contributed by atoms with van der Waals surface area (Å²) in [6.07, 6.45) is 9.19. The van der Waals surface area contributed by atoms with Crippen LogP contribution in [0.2, 0.25) is 0 Å². The minimum absolute atomic E-state index is 0.100. The molecule has 3 aromatic rings. The van der Waals surface area contributed by atoms with E-state index in [0.717, 1.165) is 61.7 Å². The molecule has 1 atom stereocenters. The molecule has 1 saturated carbocycles. The van der Waals surface area contributed by atoms with E-state index in [0.29, 0.717) is 18.1 Å². The number of hydrogen-bond donors (Lipinski definition) is 1. The highest BCUT2D eigenvalue weighted by molar-refractivity contribution is 6.07. The first-order chi connectivity index (χ1) is 15.7. The zero-order chi connectivity index (χ0) is 21.9. The van der Waals surface area contributed by atoms with Crippen molar-refractivity contribution in [3.63, 3.8) is 0 Å². The third-order valence-electron chi connectivity index (χ3n) is 6.75. The van der Waals surface area contributed by atoms with Gasteiger partial charge in [-0.2, -0.15) is 0 Å². The molecule has 1 aliphatic carbocycles. The lowest BCUT2D eigenvalue weighted by molar-refractivity contribution is -0.137. The summed E-state index contributed by atoms with van der Waals surface area (Å²) in [5.74, 6) is 0.405. The van der Waals surface area contributed by atoms with Gasteiger partial charge in [0.2, 0.25) is 11.7 Å². The number of amides is 2. The third kappa shape index (κ3) is 4.24. The van der Waals surface area contributed by atoms with Crippen molar-refractivity contribution in [1.82, 2.24) is 15.0 Å². The largest absolute Gasteiger partial charge is 0.351 e. The molecule has 2 aliphatic rings. The van der Waals surface area contributed by atoms with Crippen molar-refractivity contribution in [3.05, 3.63) is 54.0 Å². The van der Waals surface area contributed by atoms with Gasteiger partial charge < -0.3 is 14.7 Å². The number of anilines is 1. The van der Waals surface area contributed by atoms with Gasteiger partial charge in [-0.25, -0.2) is 0 Å². The van der Waals surface area contributed by atoms with Crippen LogP contribution in [0, 0.1) is 5.92 Å². The topological polar surface area (TPSA) is 88.3 Å². The predicted molar refractivity (Wildman–Crippen MR) is 121 cm³/mol. The van der Waals surface area contributed by atoms with Crippen LogP contribution in [0.25, 0.3) is 10.9 Å². The Morgan fingerprint density at radius 2 is 1.91 bits per heavy atom. The summed E-state index contributed by atoms with van der Waals surface area (Å²) in [5, 5.41) is 7.96. The molecular formula is C25H28N4O3. The molecule has 7 nitrogen and oxygen atoms in total. The second-order valence-corrected chi connectivity index (χ2v) is 8.90. The summed E-state index contributed by atoms with van der Waals surface area (Å²) in [6, 6.07) is 11.1. The highest BCUT2D eigenvalue weighted by Crippen LogP contribution is 2.31. The summed E-state index contributed by atoms with van der Waals surface area (Å²) >= 11 is 0. The zero-order valence-electron chi connectivity index (χ0n) is 18.1. The van der Waals surface area contributed by atoms with Crippen molar-refractivity contribution in [2.75, 3.05) is 18.4 Å². The number of nitrogens with zero attached hydrogens (tertiary/aromatic N) is 3. The second kappa shape index (κ2) is 9.10. The molecule has 1 aliphatic heterocycles. The van der Waals surface area contributed by atoms with Gasteiger partial charge in [0.25, 0.3) is 5.91 Å². The summed E-state index contributed by atoms with van der Waals surface area (Å²) in [5.41, 5.74) is 2.24. The van der Waals surface area contributed by atoms with Crippen LogP contribution in [0.4, 0.5) is 5.69 Å². The molecule has 2 amide bonds. The van der Waals surface area contributed by atoms with E-state index < -0.39 is 0 Å². The van der Waals surface area contributed by atoms with Crippen LogP contribution in [0.1, 0.15) is 67.1 Å². The normalized spacial score (nSPS) is 19.8. The Labute approximate surface area is 187 Å². The molecule has 1 unspecified atom stereocenters. The van der Waals surface area contributed by atoms with Gasteiger partial charge in [0.05, 0.1) is 16.9 Å². The minimum Gasteiger partial charge on any atom is -0.351 e. The van der Waals surface area contributed by atoms with Gasteiger partial charge in [0, 0.05) is 42.6 Å². The number of likely N-dealkylation sites (tertiary alicyclic amines) is 1. The lowest BCUT2D eigenvalue weighted by Crippen LogP contribution is -2.42. The van der Waals surface area contributed by atoms with E-state index in [1.54, 1.807) is 12.3 Å². The molecule has 7 heteroatoms. The highest BCUT2D eigenvalue weighted by Gasteiger charge is 2.31. The maximum absolute atomic E-state index is 13.0. The van der Waals surface area contributed by atoms with E-state index in [9.17, 15) is 9.59 Å². The SMILES string of the molecule is O=C(Nc1cccc2ncccc12)c1cc(C2CCCN(C(=O)C3CCCCC3)C2)no1. The van der Waals surface area contributed by atoms with Crippen LogP contribution < -0.4 is 5.32 Å². The molecule has 0 spiro atoms. The van der Waals surface area contributed by atoms with E-state index in [2.05, 4.69) is 15.5 Å². The number of nitrogens with one attached hydrogen (secondary N) is 1. The van der Waals surface area contributed by atoms with Gasteiger partial charge in [0.15, 0.2) is 0 Å². The summed E-state index contributed by atoms with van der Waals surface area (Å²) in [6.45, 7) is 1.46. The van der Waals surface area contributed by atoms with E-state index in [-0.39, 0.29) is 23.5 Å². The smallest absolute Gasteiger partial charge is 0.294 e. The quantitative estimate of drug-likeness (QED) is 0.642. The molecule has 1 saturated heterocycles. The summed E-state index contributed by atoms with van der Waals surface area (Å²) in [4.78, 5) is 32.1. The Hall–Kier alpha value is -3.22. The Morgan fingerprint density at radius 3 is 2.78 bits per heavy atom. The predicted octanol–water partition coefficient (Wildman–Crippen LogP) is 4.76.